The third kappa shape index (κ3) is 4.04. The normalized spacial score (nSPS) is 21.0. The molecule has 0 atom stereocenters. The van der Waals surface area contributed by atoms with Crippen LogP contribution in [0.25, 0.3) is 0 Å². The van der Waals surface area contributed by atoms with Crippen LogP contribution in [0.2, 0.25) is 0 Å². The van der Waals surface area contributed by atoms with Crippen molar-refractivity contribution in [3.63, 3.8) is 0 Å². The molecule has 96 valence electrons. The SMILES string of the molecule is CNCC1(CCC(C)(C)OC)CCOCC1. The molecule has 0 saturated carbocycles. The van der Waals surface area contributed by atoms with Gasteiger partial charge in [-0.3, -0.25) is 0 Å². The molecule has 1 heterocycles. The maximum absolute atomic E-state index is 5.50. The van der Waals surface area contributed by atoms with Crippen LogP contribution in [0.4, 0.5) is 0 Å². The van der Waals surface area contributed by atoms with Crippen molar-refractivity contribution in [3.8, 4) is 0 Å². The summed E-state index contributed by atoms with van der Waals surface area (Å²) < 4.78 is 11.0. The molecule has 3 heteroatoms. The Morgan fingerprint density at radius 3 is 2.44 bits per heavy atom. The van der Waals surface area contributed by atoms with E-state index in [0.29, 0.717) is 5.41 Å². The van der Waals surface area contributed by atoms with Gasteiger partial charge in [-0.2, -0.15) is 0 Å². The second-order valence-electron chi connectivity index (χ2n) is 5.61. The molecule has 0 aliphatic carbocycles. The van der Waals surface area contributed by atoms with Crippen molar-refractivity contribution in [2.45, 2.75) is 45.1 Å². The minimum absolute atomic E-state index is 0.000947. The Morgan fingerprint density at radius 2 is 1.94 bits per heavy atom. The molecule has 0 aromatic rings. The van der Waals surface area contributed by atoms with Crippen molar-refractivity contribution in [2.24, 2.45) is 5.41 Å². The first kappa shape index (κ1) is 13.9. The summed E-state index contributed by atoms with van der Waals surface area (Å²) in [5.74, 6) is 0. The van der Waals surface area contributed by atoms with Crippen LogP contribution in [0, 0.1) is 5.41 Å². The van der Waals surface area contributed by atoms with Crippen molar-refractivity contribution in [3.05, 3.63) is 0 Å². The van der Waals surface area contributed by atoms with Crippen molar-refractivity contribution < 1.29 is 9.47 Å². The molecule has 0 aromatic heterocycles. The van der Waals surface area contributed by atoms with Crippen molar-refractivity contribution >= 4 is 0 Å². The van der Waals surface area contributed by atoms with Gasteiger partial charge in [0.2, 0.25) is 0 Å². The monoisotopic (exact) mass is 229 g/mol. The second-order valence-corrected chi connectivity index (χ2v) is 5.61. The number of hydrogen-bond donors (Lipinski definition) is 1. The van der Waals surface area contributed by atoms with E-state index in [2.05, 4.69) is 19.2 Å². The zero-order chi connectivity index (χ0) is 12.1. The summed E-state index contributed by atoms with van der Waals surface area (Å²) in [6, 6.07) is 0. The van der Waals surface area contributed by atoms with Crippen LogP contribution in [-0.4, -0.2) is 39.5 Å². The largest absolute Gasteiger partial charge is 0.381 e. The van der Waals surface area contributed by atoms with Crippen molar-refractivity contribution in [1.29, 1.82) is 0 Å². The van der Waals surface area contributed by atoms with Gasteiger partial charge in [0.25, 0.3) is 0 Å². The van der Waals surface area contributed by atoms with Crippen LogP contribution in [0.5, 0.6) is 0 Å². The van der Waals surface area contributed by atoms with Crippen molar-refractivity contribution in [1.82, 2.24) is 5.32 Å². The van der Waals surface area contributed by atoms with E-state index in [-0.39, 0.29) is 5.60 Å². The summed E-state index contributed by atoms with van der Waals surface area (Å²) in [6.45, 7) is 7.25. The predicted octanol–water partition coefficient (Wildman–Crippen LogP) is 2.21. The smallest absolute Gasteiger partial charge is 0.0623 e. The molecular formula is C13H27NO2. The van der Waals surface area contributed by atoms with E-state index in [4.69, 9.17) is 9.47 Å². The number of rotatable bonds is 6. The number of nitrogens with one attached hydrogen (secondary N) is 1. The first-order valence-electron chi connectivity index (χ1n) is 6.31. The summed E-state index contributed by atoms with van der Waals surface area (Å²) in [5, 5.41) is 3.34. The van der Waals surface area contributed by atoms with E-state index in [1.54, 1.807) is 7.11 Å². The molecule has 0 aromatic carbocycles. The molecule has 1 N–H and O–H groups in total. The predicted molar refractivity (Wildman–Crippen MR) is 66.7 cm³/mol. The van der Waals surface area contributed by atoms with E-state index in [9.17, 15) is 0 Å². The van der Waals surface area contributed by atoms with Gasteiger partial charge in [-0.25, -0.2) is 0 Å². The zero-order valence-electron chi connectivity index (χ0n) is 11.3. The van der Waals surface area contributed by atoms with Crippen LogP contribution in [-0.2, 0) is 9.47 Å². The van der Waals surface area contributed by atoms with E-state index in [0.717, 1.165) is 26.2 Å². The Bertz CT molecular complexity index is 193. The second kappa shape index (κ2) is 5.99. The van der Waals surface area contributed by atoms with Gasteiger partial charge in [0.1, 0.15) is 0 Å². The van der Waals surface area contributed by atoms with Gasteiger partial charge in [0.05, 0.1) is 5.60 Å². The summed E-state index contributed by atoms with van der Waals surface area (Å²) in [7, 11) is 3.84. The van der Waals surface area contributed by atoms with Crippen LogP contribution >= 0.6 is 0 Å². The standard InChI is InChI=1S/C13H27NO2/c1-12(2,15-4)5-6-13(11-14-3)7-9-16-10-8-13/h14H,5-11H2,1-4H3. The Labute approximate surface area is 99.9 Å². The van der Waals surface area contributed by atoms with Crippen LogP contribution in [0.15, 0.2) is 0 Å². The third-order valence-corrected chi connectivity index (χ3v) is 3.92. The van der Waals surface area contributed by atoms with E-state index in [1.807, 2.05) is 7.05 Å². The molecular weight excluding hydrogens is 202 g/mol. The molecule has 3 nitrogen and oxygen atoms in total. The lowest BCUT2D eigenvalue weighted by molar-refractivity contribution is -0.0240. The third-order valence-electron chi connectivity index (χ3n) is 3.92. The molecule has 1 rings (SSSR count). The zero-order valence-corrected chi connectivity index (χ0v) is 11.3. The van der Waals surface area contributed by atoms with E-state index >= 15 is 0 Å². The quantitative estimate of drug-likeness (QED) is 0.757. The summed E-state index contributed by atoms with van der Waals surface area (Å²) >= 11 is 0. The molecule has 1 aliphatic heterocycles. The van der Waals surface area contributed by atoms with Gasteiger partial charge in [-0.15, -0.1) is 0 Å². The van der Waals surface area contributed by atoms with E-state index < -0.39 is 0 Å². The minimum atomic E-state index is -0.000947. The molecule has 16 heavy (non-hydrogen) atoms. The maximum Gasteiger partial charge on any atom is 0.0623 e. The number of methoxy groups -OCH3 is 1. The van der Waals surface area contributed by atoms with Gasteiger partial charge in [-0.1, -0.05) is 0 Å². The lowest BCUT2D eigenvalue weighted by Crippen LogP contribution is -2.39. The summed E-state index contributed by atoms with van der Waals surface area (Å²) in [5.41, 5.74) is 0.418. The molecule has 0 bridgehead atoms. The topological polar surface area (TPSA) is 30.5 Å². The van der Waals surface area contributed by atoms with Gasteiger partial charge in [-0.05, 0) is 52.0 Å². The Hall–Kier alpha value is -0.120. The molecule has 0 radical (unpaired) electrons. The summed E-state index contributed by atoms with van der Waals surface area (Å²) in [6.07, 6.45) is 4.69. The molecule has 1 fully saturated rings. The highest BCUT2D eigenvalue weighted by molar-refractivity contribution is 4.86. The average Bonchev–Trinajstić information content (AvgIpc) is 2.29. The molecule has 1 saturated heterocycles. The lowest BCUT2D eigenvalue weighted by atomic mass is 9.74. The molecule has 0 spiro atoms. The van der Waals surface area contributed by atoms with Crippen LogP contribution in [0.3, 0.4) is 0 Å². The van der Waals surface area contributed by atoms with Crippen molar-refractivity contribution in [2.75, 3.05) is 33.9 Å². The highest BCUT2D eigenvalue weighted by atomic mass is 16.5. The van der Waals surface area contributed by atoms with Gasteiger partial charge in [0.15, 0.2) is 0 Å². The Balaban J connectivity index is 2.50. The van der Waals surface area contributed by atoms with Gasteiger partial charge in [0, 0.05) is 26.9 Å². The first-order valence-corrected chi connectivity index (χ1v) is 6.31. The molecule has 0 unspecified atom stereocenters. The highest BCUT2D eigenvalue weighted by Crippen LogP contribution is 2.37. The fourth-order valence-electron chi connectivity index (χ4n) is 2.36. The fourth-order valence-corrected chi connectivity index (χ4v) is 2.36. The van der Waals surface area contributed by atoms with E-state index in [1.165, 1.54) is 19.3 Å². The maximum atomic E-state index is 5.50. The summed E-state index contributed by atoms with van der Waals surface area (Å²) in [4.78, 5) is 0. The average molecular weight is 229 g/mol. The van der Waals surface area contributed by atoms with Gasteiger partial charge < -0.3 is 14.8 Å². The lowest BCUT2D eigenvalue weighted by Gasteiger charge is -2.39. The van der Waals surface area contributed by atoms with Crippen LogP contribution < -0.4 is 5.32 Å². The van der Waals surface area contributed by atoms with Gasteiger partial charge >= 0.3 is 0 Å². The Kier molecular flexibility index (Phi) is 5.22. The highest BCUT2D eigenvalue weighted by Gasteiger charge is 2.33. The molecule has 1 aliphatic rings. The Morgan fingerprint density at radius 1 is 1.31 bits per heavy atom. The minimum Gasteiger partial charge on any atom is -0.381 e. The number of hydrogen-bond acceptors (Lipinski definition) is 3. The fraction of sp³-hybridized carbons (Fsp3) is 1.00. The first-order chi connectivity index (χ1) is 7.54. The number of ether oxygens (including phenoxy) is 2. The van der Waals surface area contributed by atoms with Crippen LogP contribution in [0.1, 0.15) is 39.5 Å². The molecule has 0 amide bonds.